The van der Waals surface area contributed by atoms with Gasteiger partial charge in [0.2, 0.25) is 0 Å². The third-order valence-corrected chi connectivity index (χ3v) is 3.50. The molecule has 19 heavy (non-hydrogen) atoms. The summed E-state index contributed by atoms with van der Waals surface area (Å²) in [7, 11) is 0. The Hall–Kier alpha value is -0.120. The van der Waals surface area contributed by atoms with Crippen LogP contribution < -0.4 is 5.32 Å². The Bertz CT molecular complexity index is 245. The van der Waals surface area contributed by atoms with Crippen LogP contribution in [0.5, 0.6) is 0 Å². The molecule has 0 aromatic carbocycles. The first-order chi connectivity index (χ1) is 8.70. The number of hydrogen-bond acceptors (Lipinski definition) is 3. The van der Waals surface area contributed by atoms with Gasteiger partial charge in [-0.25, -0.2) is 0 Å². The zero-order valence-electron chi connectivity index (χ0n) is 13.9. The minimum Gasteiger partial charge on any atom is -0.367 e. The van der Waals surface area contributed by atoms with Crippen molar-refractivity contribution in [3.63, 3.8) is 0 Å². The zero-order valence-corrected chi connectivity index (χ0v) is 13.9. The van der Waals surface area contributed by atoms with Crippen LogP contribution in [0.1, 0.15) is 54.4 Å². The molecule has 3 nitrogen and oxygen atoms in total. The SMILES string of the molecule is CC(C)CCCNCCN1CC(C)(C)OC(C)(C)C1. The van der Waals surface area contributed by atoms with Crippen LogP contribution in [0, 0.1) is 5.92 Å². The molecule has 1 saturated heterocycles. The van der Waals surface area contributed by atoms with Crippen molar-refractivity contribution >= 4 is 0 Å². The molecule has 1 N–H and O–H groups in total. The Balaban J connectivity index is 2.18. The van der Waals surface area contributed by atoms with Crippen LogP contribution in [-0.2, 0) is 4.74 Å². The highest BCUT2D eigenvalue weighted by Crippen LogP contribution is 2.27. The van der Waals surface area contributed by atoms with Crippen molar-refractivity contribution in [2.75, 3.05) is 32.7 Å². The van der Waals surface area contributed by atoms with Gasteiger partial charge in [0.1, 0.15) is 0 Å². The maximum Gasteiger partial charge on any atom is 0.0760 e. The monoisotopic (exact) mass is 270 g/mol. The molecule has 0 unspecified atom stereocenters. The molecule has 0 aromatic rings. The van der Waals surface area contributed by atoms with Gasteiger partial charge in [-0.15, -0.1) is 0 Å². The van der Waals surface area contributed by atoms with Gasteiger partial charge >= 0.3 is 0 Å². The average Bonchev–Trinajstić information content (AvgIpc) is 2.18. The second-order valence-electron chi connectivity index (χ2n) is 7.62. The summed E-state index contributed by atoms with van der Waals surface area (Å²) in [4.78, 5) is 2.53. The molecule has 0 amide bonds. The zero-order chi connectivity index (χ0) is 14.5. The average molecular weight is 270 g/mol. The Morgan fingerprint density at radius 2 is 1.63 bits per heavy atom. The second-order valence-corrected chi connectivity index (χ2v) is 7.62. The maximum atomic E-state index is 6.10. The molecule has 1 rings (SSSR count). The summed E-state index contributed by atoms with van der Waals surface area (Å²) >= 11 is 0. The molecule has 1 aliphatic heterocycles. The highest BCUT2D eigenvalue weighted by molar-refractivity contribution is 4.89. The number of ether oxygens (including phenoxy) is 1. The lowest BCUT2D eigenvalue weighted by Crippen LogP contribution is -2.58. The minimum atomic E-state index is -0.0284. The maximum absolute atomic E-state index is 6.10. The molecule has 0 aromatic heterocycles. The fourth-order valence-electron chi connectivity index (χ4n) is 3.10. The first-order valence-corrected chi connectivity index (χ1v) is 7.83. The number of nitrogens with zero attached hydrogens (tertiary/aromatic N) is 1. The lowest BCUT2D eigenvalue weighted by molar-refractivity contribution is -0.180. The van der Waals surface area contributed by atoms with E-state index < -0.39 is 0 Å². The fourth-order valence-corrected chi connectivity index (χ4v) is 3.10. The quantitative estimate of drug-likeness (QED) is 0.720. The number of rotatable bonds is 7. The largest absolute Gasteiger partial charge is 0.367 e. The second kappa shape index (κ2) is 7.05. The predicted octanol–water partition coefficient (Wildman–Crippen LogP) is 2.90. The third-order valence-electron chi connectivity index (χ3n) is 3.50. The van der Waals surface area contributed by atoms with Crippen LogP contribution >= 0.6 is 0 Å². The van der Waals surface area contributed by atoms with E-state index >= 15 is 0 Å². The lowest BCUT2D eigenvalue weighted by Gasteiger charge is -2.47. The van der Waals surface area contributed by atoms with Crippen molar-refractivity contribution in [2.45, 2.75) is 65.6 Å². The van der Waals surface area contributed by atoms with Crippen molar-refractivity contribution < 1.29 is 4.74 Å². The van der Waals surface area contributed by atoms with Gasteiger partial charge in [-0.3, -0.25) is 4.90 Å². The number of morpholine rings is 1. The molecule has 0 bridgehead atoms. The van der Waals surface area contributed by atoms with Crippen LogP contribution in [0.4, 0.5) is 0 Å². The van der Waals surface area contributed by atoms with Gasteiger partial charge in [0.15, 0.2) is 0 Å². The summed E-state index contributed by atoms with van der Waals surface area (Å²) in [6.45, 7) is 18.8. The van der Waals surface area contributed by atoms with Crippen molar-refractivity contribution in [3.8, 4) is 0 Å². The third kappa shape index (κ3) is 7.28. The van der Waals surface area contributed by atoms with Gasteiger partial charge in [-0.2, -0.15) is 0 Å². The molecule has 0 spiro atoms. The molecular formula is C16H34N2O. The van der Waals surface area contributed by atoms with E-state index in [9.17, 15) is 0 Å². The molecule has 0 aliphatic carbocycles. The van der Waals surface area contributed by atoms with Crippen LogP contribution in [-0.4, -0.2) is 48.8 Å². The molecule has 0 saturated carbocycles. The van der Waals surface area contributed by atoms with Crippen molar-refractivity contribution in [3.05, 3.63) is 0 Å². The Labute approximate surface area is 120 Å². The van der Waals surface area contributed by atoms with Crippen LogP contribution in [0.3, 0.4) is 0 Å². The van der Waals surface area contributed by atoms with Gasteiger partial charge in [-0.05, 0) is 53.0 Å². The number of nitrogens with one attached hydrogen (secondary N) is 1. The van der Waals surface area contributed by atoms with E-state index in [1.54, 1.807) is 0 Å². The van der Waals surface area contributed by atoms with Crippen molar-refractivity contribution in [1.29, 1.82) is 0 Å². The molecule has 114 valence electrons. The molecule has 1 heterocycles. The van der Waals surface area contributed by atoms with Crippen LogP contribution in [0.25, 0.3) is 0 Å². The summed E-state index contributed by atoms with van der Waals surface area (Å²) in [6.07, 6.45) is 2.61. The molecule has 3 heteroatoms. The number of hydrogen-bond donors (Lipinski definition) is 1. The van der Waals surface area contributed by atoms with E-state index in [1.165, 1.54) is 12.8 Å². The van der Waals surface area contributed by atoms with E-state index in [4.69, 9.17) is 4.74 Å². The van der Waals surface area contributed by atoms with Gasteiger partial charge in [0.05, 0.1) is 11.2 Å². The van der Waals surface area contributed by atoms with Crippen LogP contribution in [0.15, 0.2) is 0 Å². The van der Waals surface area contributed by atoms with E-state index in [2.05, 4.69) is 51.8 Å². The first kappa shape index (κ1) is 16.9. The molecule has 0 atom stereocenters. The Kier molecular flexibility index (Phi) is 6.28. The predicted molar refractivity (Wildman–Crippen MR) is 82.6 cm³/mol. The lowest BCUT2D eigenvalue weighted by atomic mass is 9.99. The van der Waals surface area contributed by atoms with E-state index in [-0.39, 0.29) is 11.2 Å². The summed E-state index contributed by atoms with van der Waals surface area (Å²) < 4.78 is 6.10. The molecule has 0 radical (unpaired) electrons. The van der Waals surface area contributed by atoms with E-state index in [0.717, 1.165) is 38.6 Å². The summed E-state index contributed by atoms with van der Waals surface area (Å²) in [5.74, 6) is 0.822. The Morgan fingerprint density at radius 1 is 1.05 bits per heavy atom. The molecular weight excluding hydrogens is 236 g/mol. The van der Waals surface area contributed by atoms with E-state index in [0.29, 0.717) is 0 Å². The molecule has 1 aliphatic rings. The Morgan fingerprint density at radius 3 is 2.16 bits per heavy atom. The van der Waals surface area contributed by atoms with E-state index in [1.807, 2.05) is 0 Å². The van der Waals surface area contributed by atoms with Gasteiger partial charge in [-0.1, -0.05) is 13.8 Å². The highest BCUT2D eigenvalue weighted by atomic mass is 16.5. The van der Waals surface area contributed by atoms with Gasteiger partial charge in [0.25, 0.3) is 0 Å². The normalized spacial score (nSPS) is 22.9. The fraction of sp³-hybridized carbons (Fsp3) is 1.00. The van der Waals surface area contributed by atoms with Crippen LogP contribution in [0.2, 0.25) is 0 Å². The minimum absolute atomic E-state index is 0.0284. The first-order valence-electron chi connectivity index (χ1n) is 7.83. The molecule has 1 fully saturated rings. The summed E-state index contributed by atoms with van der Waals surface area (Å²) in [5.41, 5.74) is -0.0568. The van der Waals surface area contributed by atoms with Gasteiger partial charge in [0, 0.05) is 26.2 Å². The summed E-state index contributed by atoms with van der Waals surface area (Å²) in [5, 5.41) is 3.56. The van der Waals surface area contributed by atoms with Crippen molar-refractivity contribution in [2.24, 2.45) is 5.92 Å². The standard InChI is InChI=1S/C16H34N2O/c1-14(2)8-7-9-17-10-11-18-12-15(3,4)19-16(5,6)13-18/h14,17H,7-13H2,1-6H3. The summed E-state index contributed by atoms with van der Waals surface area (Å²) in [6, 6.07) is 0. The van der Waals surface area contributed by atoms with Crippen molar-refractivity contribution in [1.82, 2.24) is 10.2 Å². The highest BCUT2D eigenvalue weighted by Gasteiger charge is 2.37. The van der Waals surface area contributed by atoms with Gasteiger partial charge < -0.3 is 10.1 Å². The smallest absolute Gasteiger partial charge is 0.0760 e. The topological polar surface area (TPSA) is 24.5 Å².